The quantitative estimate of drug-likeness (QED) is 0.334. The minimum Gasteiger partial charge on any atom is -0.489 e. The summed E-state index contributed by atoms with van der Waals surface area (Å²) in [7, 11) is 1.82. The van der Waals surface area contributed by atoms with Crippen LogP contribution >= 0.6 is 35.6 Å². The molecule has 1 aliphatic carbocycles. The van der Waals surface area contributed by atoms with Crippen molar-refractivity contribution in [2.75, 3.05) is 26.7 Å². The van der Waals surface area contributed by atoms with Crippen LogP contribution in [-0.2, 0) is 0 Å². The lowest BCUT2D eigenvalue weighted by Crippen LogP contribution is -2.51. The molecule has 1 aliphatic heterocycles. The number of ether oxygens (including phenoxy) is 1. The van der Waals surface area contributed by atoms with Gasteiger partial charge in [0.15, 0.2) is 5.96 Å². The monoisotopic (exact) mass is 520 g/mol. The second-order valence-electron chi connectivity index (χ2n) is 7.73. The van der Waals surface area contributed by atoms with Crippen molar-refractivity contribution in [2.24, 2.45) is 4.99 Å². The molecule has 1 saturated heterocycles. The molecule has 1 saturated carbocycles. The molecule has 1 aromatic rings. The van der Waals surface area contributed by atoms with Gasteiger partial charge in [-0.3, -0.25) is 4.99 Å². The number of hydrogen-bond acceptors (Lipinski definition) is 3. The van der Waals surface area contributed by atoms with Gasteiger partial charge in [0.1, 0.15) is 11.9 Å². The van der Waals surface area contributed by atoms with Crippen LogP contribution in [0.1, 0.15) is 45.4 Å². The van der Waals surface area contributed by atoms with Gasteiger partial charge in [-0.25, -0.2) is 0 Å². The first kappa shape index (κ1) is 23.5. The van der Waals surface area contributed by atoms with Gasteiger partial charge in [-0.05, 0) is 50.8 Å². The number of likely N-dealkylation sites (tertiary alicyclic amines) is 1. The van der Waals surface area contributed by atoms with Gasteiger partial charge >= 0.3 is 0 Å². The fraction of sp³-hybridized carbons (Fsp3) is 0.667. The minimum absolute atomic E-state index is 0. The number of hydrogen-bond donors (Lipinski definition) is 2. The van der Waals surface area contributed by atoms with Gasteiger partial charge < -0.3 is 20.3 Å². The van der Waals surface area contributed by atoms with Gasteiger partial charge in [0.2, 0.25) is 0 Å². The number of piperidine rings is 1. The minimum atomic E-state index is 0. The molecule has 158 valence electrons. The zero-order valence-corrected chi connectivity index (χ0v) is 20.1. The molecule has 1 heterocycles. The predicted octanol–water partition coefficient (Wildman–Crippen LogP) is 4.30. The standard InChI is InChI=1S/C21H33ClN4O.HI/c1-16(27-20-9-5-6-17(22)14-20)15-24-21(23-2)25-18-10-12-26(13-11-18)19-7-3-4-8-19;/h5-6,9,14,16,18-19H,3-4,7-8,10-13,15H2,1-2H3,(H2,23,24,25);1H. The maximum Gasteiger partial charge on any atom is 0.191 e. The summed E-state index contributed by atoms with van der Waals surface area (Å²) in [6.07, 6.45) is 8.00. The highest BCUT2D eigenvalue weighted by molar-refractivity contribution is 14.0. The summed E-state index contributed by atoms with van der Waals surface area (Å²) in [5, 5.41) is 7.65. The van der Waals surface area contributed by atoms with Crippen LogP contribution < -0.4 is 15.4 Å². The lowest BCUT2D eigenvalue weighted by molar-refractivity contribution is 0.150. The van der Waals surface area contributed by atoms with Gasteiger partial charge in [0.25, 0.3) is 0 Å². The highest BCUT2D eigenvalue weighted by atomic mass is 127. The summed E-state index contributed by atoms with van der Waals surface area (Å²) in [5.41, 5.74) is 0. The van der Waals surface area contributed by atoms with E-state index in [0.717, 1.165) is 17.8 Å². The van der Waals surface area contributed by atoms with Crippen LogP contribution in [0, 0.1) is 0 Å². The molecule has 0 aromatic heterocycles. The SMILES string of the molecule is CN=C(NCC(C)Oc1cccc(Cl)c1)NC1CCN(C2CCCC2)CC1.I. The largest absolute Gasteiger partial charge is 0.489 e. The number of aliphatic imine (C=N–C) groups is 1. The van der Waals surface area contributed by atoms with E-state index in [1.807, 2.05) is 38.2 Å². The normalized spacial score (nSPS) is 20.5. The molecule has 28 heavy (non-hydrogen) atoms. The molecule has 7 heteroatoms. The van der Waals surface area contributed by atoms with Gasteiger partial charge in [0.05, 0.1) is 6.54 Å². The van der Waals surface area contributed by atoms with Crippen molar-refractivity contribution in [3.63, 3.8) is 0 Å². The molecule has 3 rings (SSSR count). The van der Waals surface area contributed by atoms with Gasteiger partial charge in [0, 0.05) is 37.2 Å². The first-order chi connectivity index (χ1) is 13.1. The Bertz CT molecular complexity index is 616. The average molecular weight is 521 g/mol. The zero-order chi connectivity index (χ0) is 19.1. The van der Waals surface area contributed by atoms with Crippen molar-refractivity contribution in [1.29, 1.82) is 0 Å². The van der Waals surface area contributed by atoms with Crippen LogP contribution in [0.4, 0.5) is 0 Å². The zero-order valence-electron chi connectivity index (χ0n) is 17.0. The van der Waals surface area contributed by atoms with Crippen LogP contribution in [0.5, 0.6) is 5.75 Å². The van der Waals surface area contributed by atoms with Crippen LogP contribution in [0.2, 0.25) is 5.02 Å². The summed E-state index contributed by atoms with van der Waals surface area (Å²) in [4.78, 5) is 7.07. The third kappa shape index (κ3) is 7.26. The summed E-state index contributed by atoms with van der Waals surface area (Å²) in [6, 6.07) is 8.85. The number of rotatable bonds is 6. The maximum absolute atomic E-state index is 6.01. The van der Waals surface area contributed by atoms with E-state index in [2.05, 4.69) is 20.5 Å². The van der Waals surface area contributed by atoms with Crippen LogP contribution in [0.3, 0.4) is 0 Å². The summed E-state index contributed by atoms with van der Waals surface area (Å²) >= 11 is 6.01. The smallest absolute Gasteiger partial charge is 0.191 e. The van der Waals surface area contributed by atoms with Crippen LogP contribution in [0.25, 0.3) is 0 Å². The van der Waals surface area contributed by atoms with Gasteiger partial charge in [-0.15, -0.1) is 24.0 Å². The van der Waals surface area contributed by atoms with E-state index in [9.17, 15) is 0 Å². The lowest BCUT2D eigenvalue weighted by Gasteiger charge is -2.36. The molecule has 0 bridgehead atoms. The van der Waals surface area contributed by atoms with Crippen molar-refractivity contribution in [3.05, 3.63) is 29.3 Å². The van der Waals surface area contributed by atoms with Crippen molar-refractivity contribution in [3.8, 4) is 5.75 Å². The fourth-order valence-electron chi connectivity index (χ4n) is 4.12. The van der Waals surface area contributed by atoms with Crippen molar-refractivity contribution >= 4 is 41.5 Å². The average Bonchev–Trinajstić information content (AvgIpc) is 3.20. The molecule has 2 fully saturated rings. The number of guanidine groups is 1. The van der Waals surface area contributed by atoms with E-state index in [0.29, 0.717) is 17.6 Å². The molecule has 1 unspecified atom stereocenters. The third-order valence-corrected chi connectivity index (χ3v) is 5.86. The topological polar surface area (TPSA) is 48.9 Å². The number of benzene rings is 1. The molecule has 0 spiro atoms. The highest BCUT2D eigenvalue weighted by Gasteiger charge is 2.27. The molecule has 0 radical (unpaired) electrons. The van der Waals surface area contributed by atoms with Gasteiger partial charge in [-0.2, -0.15) is 0 Å². The number of nitrogens with one attached hydrogen (secondary N) is 2. The Morgan fingerprint density at radius 2 is 1.96 bits per heavy atom. The first-order valence-corrected chi connectivity index (χ1v) is 10.7. The highest BCUT2D eigenvalue weighted by Crippen LogP contribution is 2.26. The second-order valence-corrected chi connectivity index (χ2v) is 8.17. The Morgan fingerprint density at radius 3 is 2.61 bits per heavy atom. The Morgan fingerprint density at radius 1 is 1.25 bits per heavy atom. The van der Waals surface area contributed by atoms with E-state index in [1.165, 1.54) is 51.6 Å². The molecule has 1 atom stereocenters. The van der Waals surface area contributed by atoms with E-state index >= 15 is 0 Å². The first-order valence-electron chi connectivity index (χ1n) is 10.3. The second kappa shape index (κ2) is 12.1. The Labute approximate surface area is 191 Å². The van der Waals surface area contributed by atoms with E-state index in [4.69, 9.17) is 16.3 Å². The van der Waals surface area contributed by atoms with Crippen LogP contribution in [0.15, 0.2) is 29.3 Å². The fourth-order valence-corrected chi connectivity index (χ4v) is 4.30. The third-order valence-electron chi connectivity index (χ3n) is 5.63. The molecule has 2 N–H and O–H groups in total. The molecule has 2 aliphatic rings. The van der Waals surface area contributed by atoms with Crippen molar-refractivity contribution in [1.82, 2.24) is 15.5 Å². The van der Waals surface area contributed by atoms with Crippen molar-refractivity contribution in [2.45, 2.75) is 63.6 Å². The predicted molar refractivity (Wildman–Crippen MR) is 128 cm³/mol. The lowest BCUT2D eigenvalue weighted by atomic mass is 10.0. The molecule has 1 aromatic carbocycles. The molecular weight excluding hydrogens is 487 g/mol. The Hall–Kier alpha value is -0.730. The summed E-state index contributed by atoms with van der Waals surface area (Å²) in [6.45, 7) is 5.13. The number of halogens is 2. The van der Waals surface area contributed by atoms with E-state index in [1.54, 1.807) is 0 Å². The molecule has 0 amide bonds. The Kier molecular flexibility index (Phi) is 10.2. The Balaban J connectivity index is 0.00000280. The molecular formula is C21H34ClIN4O. The van der Waals surface area contributed by atoms with Crippen LogP contribution in [-0.4, -0.2) is 55.7 Å². The summed E-state index contributed by atoms with van der Waals surface area (Å²) in [5.74, 6) is 1.65. The summed E-state index contributed by atoms with van der Waals surface area (Å²) < 4.78 is 5.91. The molecule has 5 nitrogen and oxygen atoms in total. The van der Waals surface area contributed by atoms with Gasteiger partial charge in [-0.1, -0.05) is 30.5 Å². The van der Waals surface area contributed by atoms with E-state index in [-0.39, 0.29) is 30.1 Å². The maximum atomic E-state index is 6.01. The van der Waals surface area contributed by atoms with E-state index < -0.39 is 0 Å². The van der Waals surface area contributed by atoms with Crippen molar-refractivity contribution < 1.29 is 4.74 Å². The number of nitrogens with zero attached hydrogens (tertiary/aromatic N) is 2.